The molecule has 0 aromatic heterocycles. The van der Waals surface area contributed by atoms with Crippen LogP contribution in [0.25, 0.3) is 0 Å². The van der Waals surface area contributed by atoms with Crippen LogP contribution in [-0.2, 0) is 0 Å². The first kappa shape index (κ1) is 20.1. The number of hydrogen-bond donors (Lipinski definition) is 2. The Labute approximate surface area is 171 Å². The van der Waals surface area contributed by atoms with E-state index in [2.05, 4.69) is 24.5 Å². The molecule has 28 heavy (non-hydrogen) atoms. The van der Waals surface area contributed by atoms with E-state index in [1.807, 2.05) is 36.4 Å². The van der Waals surface area contributed by atoms with Gasteiger partial charge in [0.15, 0.2) is 16.6 Å². The van der Waals surface area contributed by atoms with Gasteiger partial charge in [0.25, 0.3) is 0 Å². The lowest BCUT2D eigenvalue weighted by atomic mass is 9.89. The van der Waals surface area contributed by atoms with Gasteiger partial charge in [0.1, 0.15) is 17.1 Å². The standard InChI is InChI=1S/C21H26N2O4S/c1-21(2)12-16(15-8-7-14(24-3)11-18(15)27-21)23-20(28)22-13-6-9-17(25-4)19(10-13)26-5/h6-11,16H,12H2,1-5H3,(H2,22,23,28). The average molecular weight is 403 g/mol. The summed E-state index contributed by atoms with van der Waals surface area (Å²) >= 11 is 5.55. The predicted molar refractivity (Wildman–Crippen MR) is 114 cm³/mol. The first-order valence-corrected chi connectivity index (χ1v) is 9.42. The Balaban J connectivity index is 1.77. The smallest absolute Gasteiger partial charge is 0.171 e. The molecule has 0 bridgehead atoms. The van der Waals surface area contributed by atoms with Crippen LogP contribution in [0.3, 0.4) is 0 Å². The molecule has 1 atom stereocenters. The van der Waals surface area contributed by atoms with Gasteiger partial charge in [0.05, 0.1) is 27.4 Å². The molecule has 150 valence electrons. The van der Waals surface area contributed by atoms with E-state index in [-0.39, 0.29) is 11.6 Å². The number of anilines is 1. The summed E-state index contributed by atoms with van der Waals surface area (Å²) in [5.74, 6) is 2.88. The third kappa shape index (κ3) is 4.42. The molecule has 1 aliphatic rings. The summed E-state index contributed by atoms with van der Waals surface area (Å²) < 4.78 is 22.1. The van der Waals surface area contributed by atoms with Gasteiger partial charge in [0, 0.05) is 29.8 Å². The number of rotatable bonds is 5. The van der Waals surface area contributed by atoms with Gasteiger partial charge in [-0.15, -0.1) is 0 Å². The normalized spacial score (nSPS) is 17.0. The Bertz CT molecular complexity index is 869. The van der Waals surface area contributed by atoms with E-state index in [1.54, 1.807) is 21.3 Å². The molecule has 2 aromatic rings. The molecular weight excluding hydrogens is 376 g/mol. The summed E-state index contributed by atoms with van der Waals surface area (Å²) in [6.45, 7) is 4.13. The summed E-state index contributed by atoms with van der Waals surface area (Å²) in [4.78, 5) is 0. The Morgan fingerprint density at radius 1 is 1.04 bits per heavy atom. The van der Waals surface area contributed by atoms with E-state index in [1.165, 1.54) is 0 Å². The van der Waals surface area contributed by atoms with Gasteiger partial charge in [-0.05, 0) is 50.3 Å². The third-order valence-corrected chi connectivity index (χ3v) is 4.84. The van der Waals surface area contributed by atoms with Gasteiger partial charge in [-0.3, -0.25) is 0 Å². The number of fused-ring (bicyclic) bond motifs is 1. The molecule has 0 radical (unpaired) electrons. The third-order valence-electron chi connectivity index (χ3n) is 4.62. The summed E-state index contributed by atoms with van der Waals surface area (Å²) in [7, 11) is 4.86. The number of benzene rings is 2. The first-order chi connectivity index (χ1) is 13.3. The molecule has 2 N–H and O–H groups in total. The second-order valence-electron chi connectivity index (χ2n) is 7.19. The van der Waals surface area contributed by atoms with Crippen LogP contribution in [0, 0.1) is 0 Å². The summed E-state index contributed by atoms with van der Waals surface area (Å²) in [5.41, 5.74) is 1.55. The van der Waals surface area contributed by atoms with Crippen LogP contribution < -0.4 is 29.6 Å². The molecule has 1 heterocycles. The van der Waals surface area contributed by atoms with E-state index in [4.69, 9.17) is 31.2 Å². The summed E-state index contributed by atoms with van der Waals surface area (Å²) in [5, 5.41) is 7.15. The minimum absolute atomic E-state index is 0.0183. The first-order valence-electron chi connectivity index (χ1n) is 9.01. The summed E-state index contributed by atoms with van der Waals surface area (Å²) in [6.07, 6.45) is 0.778. The molecule has 7 heteroatoms. The predicted octanol–water partition coefficient (Wildman–Crippen LogP) is 4.30. The van der Waals surface area contributed by atoms with Crippen molar-refractivity contribution in [3.63, 3.8) is 0 Å². The maximum atomic E-state index is 6.13. The number of nitrogens with one attached hydrogen (secondary N) is 2. The van der Waals surface area contributed by atoms with Crippen molar-refractivity contribution in [2.45, 2.75) is 31.9 Å². The lowest BCUT2D eigenvalue weighted by Gasteiger charge is -2.38. The van der Waals surface area contributed by atoms with E-state index in [9.17, 15) is 0 Å². The second-order valence-corrected chi connectivity index (χ2v) is 7.60. The van der Waals surface area contributed by atoms with Crippen molar-refractivity contribution < 1.29 is 18.9 Å². The van der Waals surface area contributed by atoms with Gasteiger partial charge in [0.2, 0.25) is 0 Å². The zero-order valence-corrected chi connectivity index (χ0v) is 17.6. The van der Waals surface area contributed by atoms with Crippen molar-refractivity contribution in [2.75, 3.05) is 26.6 Å². The number of thiocarbonyl (C=S) groups is 1. The van der Waals surface area contributed by atoms with Gasteiger partial charge in [-0.1, -0.05) is 0 Å². The lowest BCUT2D eigenvalue weighted by Crippen LogP contribution is -2.42. The van der Waals surface area contributed by atoms with Gasteiger partial charge >= 0.3 is 0 Å². The fourth-order valence-corrected chi connectivity index (χ4v) is 3.59. The number of methoxy groups -OCH3 is 3. The van der Waals surface area contributed by atoms with Crippen molar-refractivity contribution in [2.24, 2.45) is 0 Å². The van der Waals surface area contributed by atoms with E-state index < -0.39 is 0 Å². The van der Waals surface area contributed by atoms with Crippen molar-refractivity contribution in [1.29, 1.82) is 0 Å². The molecule has 0 saturated heterocycles. The SMILES string of the molecule is COc1ccc2c(c1)OC(C)(C)CC2NC(=S)Nc1ccc(OC)c(OC)c1. The van der Waals surface area contributed by atoms with E-state index in [0.29, 0.717) is 16.6 Å². The molecule has 3 rings (SSSR count). The maximum Gasteiger partial charge on any atom is 0.171 e. The zero-order chi connectivity index (χ0) is 20.3. The van der Waals surface area contributed by atoms with Crippen LogP contribution in [-0.4, -0.2) is 32.0 Å². The Kier molecular flexibility index (Phi) is 5.84. The lowest BCUT2D eigenvalue weighted by molar-refractivity contribution is 0.0693. The van der Waals surface area contributed by atoms with Gasteiger partial charge in [-0.25, -0.2) is 0 Å². The van der Waals surface area contributed by atoms with E-state index in [0.717, 1.165) is 29.2 Å². The topological polar surface area (TPSA) is 61.0 Å². The summed E-state index contributed by atoms with van der Waals surface area (Å²) in [6, 6.07) is 11.4. The molecule has 0 aliphatic carbocycles. The average Bonchev–Trinajstić information content (AvgIpc) is 2.66. The van der Waals surface area contributed by atoms with Gasteiger partial charge < -0.3 is 29.6 Å². The highest BCUT2D eigenvalue weighted by molar-refractivity contribution is 7.80. The largest absolute Gasteiger partial charge is 0.497 e. The molecule has 0 fully saturated rings. The minimum atomic E-state index is -0.323. The highest BCUT2D eigenvalue weighted by Gasteiger charge is 2.34. The van der Waals surface area contributed by atoms with Crippen LogP contribution >= 0.6 is 12.2 Å². The van der Waals surface area contributed by atoms with Gasteiger partial charge in [-0.2, -0.15) is 0 Å². The maximum absolute atomic E-state index is 6.13. The Hall–Kier alpha value is -2.67. The minimum Gasteiger partial charge on any atom is -0.497 e. The molecule has 1 aliphatic heterocycles. The van der Waals surface area contributed by atoms with Crippen molar-refractivity contribution >= 4 is 23.0 Å². The molecule has 6 nitrogen and oxygen atoms in total. The zero-order valence-electron chi connectivity index (χ0n) is 16.8. The Morgan fingerprint density at radius 2 is 1.79 bits per heavy atom. The molecule has 1 unspecified atom stereocenters. The fraction of sp³-hybridized carbons (Fsp3) is 0.381. The number of hydrogen-bond acceptors (Lipinski definition) is 5. The second kappa shape index (κ2) is 8.14. The highest BCUT2D eigenvalue weighted by Crippen LogP contribution is 2.41. The van der Waals surface area contributed by atoms with Crippen molar-refractivity contribution in [1.82, 2.24) is 5.32 Å². The Morgan fingerprint density at radius 3 is 2.46 bits per heavy atom. The van der Waals surface area contributed by atoms with Crippen molar-refractivity contribution in [3.05, 3.63) is 42.0 Å². The van der Waals surface area contributed by atoms with Crippen LogP contribution in [0.4, 0.5) is 5.69 Å². The van der Waals surface area contributed by atoms with Crippen LogP contribution in [0.2, 0.25) is 0 Å². The molecule has 0 saturated carbocycles. The quantitative estimate of drug-likeness (QED) is 0.723. The molecule has 2 aromatic carbocycles. The fourth-order valence-electron chi connectivity index (χ4n) is 3.33. The molecular formula is C21H26N2O4S. The monoisotopic (exact) mass is 402 g/mol. The highest BCUT2D eigenvalue weighted by atomic mass is 32.1. The van der Waals surface area contributed by atoms with Crippen LogP contribution in [0.1, 0.15) is 31.9 Å². The van der Waals surface area contributed by atoms with E-state index >= 15 is 0 Å². The molecule has 0 spiro atoms. The van der Waals surface area contributed by atoms with Crippen molar-refractivity contribution in [3.8, 4) is 23.0 Å². The number of ether oxygens (including phenoxy) is 4. The van der Waals surface area contributed by atoms with Crippen LogP contribution in [0.15, 0.2) is 36.4 Å². The molecule has 0 amide bonds. The van der Waals surface area contributed by atoms with Crippen LogP contribution in [0.5, 0.6) is 23.0 Å².